The average molecular weight is 256 g/mol. The van der Waals surface area contributed by atoms with E-state index in [-0.39, 0.29) is 11.4 Å². The van der Waals surface area contributed by atoms with Gasteiger partial charge in [0.25, 0.3) is 0 Å². The zero-order valence-corrected chi connectivity index (χ0v) is 11.1. The van der Waals surface area contributed by atoms with Crippen LogP contribution in [0.15, 0.2) is 18.5 Å². The minimum Gasteiger partial charge on any atom is -0.323 e. The third kappa shape index (κ3) is 5.65. The highest BCUT2D eigenvalue weighted by Gasteiger charge is 2.10. The van der Waals surface area contributed by atoms with Gasteiger partial charge in [0.1, 0.15) is 0 Å². The summed E-state index contributed by atoms with van der Waals surface area (Å²) in [6.07, 6.45) is 3.53. The van der Waals surface area contributed by atoms with Gasteiger partial charge in [-0.2, -0.15) is 0 Å². The molecular weight excluding hydrogens is 238 g/mol. The molecule has 17 heavy (non-hydrogen) atoms. The number of pyridine rings is 1. The molecule has 5 heteroatoms. The maximum Gasteiger partial charge on any atom is 0.225 e. The molecule has 0 saturated carbocycles. The third-order valence-electron chi connectivity index (χ3n) is 2.05. The highest BCUT2D eigenvalue weighted by atomic mass is 35.5. The van der Waals surface area contributed by atoms with Crippen LogP contribution in [0.5, 0.6) is 0 Å². The van der Waals surface area contributed by atoms with Crippen LogP contribution in [0.2, 0.25) is 5.02 Å². The van der Waals surface area contributed by atoms with Crippen LogP contribution in [0.4, 0.5) is 5.69 Å². The van der Waals surface area contributed by atoms with Gasteiger partial charge in [-0.3, -0.25) is 9.78 Å². The molecular formula is C12H18ClN3O. The quantitative estimate of drug-likeness (QED) is 0.869. The molecule has 0 saturated heterocycles. The lowest BCUT2D eigenvalue weighted by molar-refractivity contribution is -0.116. The molecule has 4 nitrogen and oxygen atoms in total. The normalized spacial score (nSPS) is 11.3. The van der Waals surface area contributed by atoms with E-state index in [0.717, 1.165) is 0 Å². The van der Waals surface area contributed by atoms with Crippen molar-refractivity contribution in [3.05, 3.63) is 23.5 Å². The number of rotatable bonds is 4. The molecule has 1 heterocycles. The second-order valence-electron chi connectivity index (χ2n) is 4.83. The molecule has 0 spiro atoms. The van der Waals surface area contributed by atoms with Crippen LogP contribution < -0.4 is 10.6 Å². The average Bonchev–Trinajstić information content (AvgIpc) is 2.19. The number of hydrogen-bond donors (Lipinski definition) is 2. The lowest BCUT2D eigenvalue weighted by atomic mass is 10.1. The summed E-state index contributed by atoms with van der Waals surface area (Å²) in [4.78, 5) is 15.5. The molecule has 2 N–H and O–H groups in total. The summed E-state index contributed by atoms with van der Waals surface area (Å²) in [6, 6.07) is 1.64. The van der Waals surface area contributed by atoms with Gasteiger partial charge in [-0.15, -0.1) is 0 Å². The number of halogens is 1. The summed E-state index contributed by atoms with van der Waals surface area (Å²) in [5, 5.41) is 6.46. The Morgan fingerprint density at radius 1 is 1.47 bits per heavy atom. The molecule has 0 aliphatic heterocycles. The van der Waals surface area contributed by atoms with E-state index in [2.05, 4.69) is 36.4 Å². The first kappa shape index (κ1) is 13.9. The maximum absolute atomic E-state index is 11.6. The van der Waals surface area contributed by atoms with E-state index in [1.165, 1.54) is 6.20 Å². The lowest BCUT2D eigenvalue weighted by Gasteiger charge is -2.20. The number of anilines is 1. The maximum atomic E-state index is 11.6. The third-order valence-corrected chi connectivity index (χ3v) is 2.38. The molecule has 1 amide bonds. The Balaban J connectivity index is 2.38. The minimum atomic E-state index is -0.0725. The standard InChI is InChI=1S/C12H18ClN3O/c1-12(2,3)15-7-5-11(17)16-10-8-14-6-4-9(10)13/h4,6,8,15H,5,7H2,1-3H3,(H,16,17). The van der Waals surface area contributed by atoms with Crippen LogP contribution in [-0.2, 0) is 4.79 Å². The summed E-state index contributed by atoms with van der Waals surface area (Å²) in [5.74, 6) is -0.0725. The Kier molecular flexibility index (Phi) is 4.90. The van der Waals surface area contributed by atoms with Gasteiger partial charge in [-0.1, -0.05) is 11.6 Å². The minimum absolute atomic E-state index is 0.0201. The number of carbonyl (C=O) groups excluding carboxylic acids is 1. The summed E-state index contributed by atoms with van der Waals surface area (Å²) in [7, 11) is 0. The molecule has 0 fully saturated rings. The van der Waals surface area contributed by atoms with Crippen molar-refractivity contribution in [2.75, 3.05) is 11.9 Å². The monoisotopic (exact) mass is 255 g/mol. The highest BCUT2D eigenvalue weighted by Crippen LogP contribution is 2.18. The smallest absolute Gasteiger partial charge is 0.225 e. The molecule has 0 atom stereocenters. The Hall–Kier alpha value is -1.13. The van der Waals surface area contributed by atoms with E-state index in [4.69, 9.17) is 11.6 Å². The number of nitrogens with zero attached hydrogens (tertiary/aromatic N) is 1. The number of carbonyl (C=O) groups is 1. The van der Waals surface area contributed by atoms with E-state index in [1.807, 2.05) is 0 Å². The van der Waals surface area contributed by atoms with Crippen LogP contribution in [0.25, 0.3) is 0 Å². The van der Waals surface area contributed by atoms with Gasteiger partial charge in [-0.05, 0) is 26.8 Å². The zero-order valence-electron chi connectivity index (χ0n) is 10.4. The van der Waals surface area contributed by atoms with Gasteiger partial charge in [0.2, 0.25) is 5.91 Å². The largest absolute Gasteiger partial charge is 0.323 e. The van der Waals surface area contributed by atoms with Crippen LogP contribution >= 0.6 is 11.6 Å². The summed E-state index contributed by atoms with van der Waals surface area (Å²) < 4.78 is 0. The number of amides is 1. The van der Waals surface area contributed by atoms with Crippen molar-refractivity contribution < 1.29 is 4.79 Å². The number of hydrogen-bond acceptors (Lipinski definition) is 3. The van der Waals surface area contributed by atoms with Crippen molar-refractivity contribution in [2.45, 2.75) is 32.7 Å². The fourth-order valence-electron chi connectivity index (χ4n) is 1.23. The Morgan fingerprint density at radius 3 is 2.76 bits per heavy atom. The van der Waals surface area contributed by atoms with Gasteiger partial charge in [-0.25, -0.2) is 0 Å². The van der Waals surface area contributed by atoms with E-state index >= 15 is 0 Å². The van der Waals surface area contributed by atoms with Gasteiger partial charge in [0, 0.05) is 24.7 Å². The molecule has 0 aliphatic carbocycles. The van der Waals surface area contributed by atoms with Crippen molar-refractivity contribution in [2.24, 2.45) is 0 Å². The molecule has 1 aromatic heterocycles. The first-order valence-electron chi connectivity index (χ1n) is 5.53. The van der Waals surface area contributed by atoms with Crippen LogP contribution in [0.3, 0.4) is 0 Å². The van der Waals surface area contributed by atoms with Crippen molar-refractivity contribution in [1.82, 2.24) is 10.3 Å². The van der Waals surface area contributed by atoms with Crippen LogP contribution in [-0.4, -0.2) is 23.0 Å². The molecule has 0 aromatic carbocycles. The Labute approximate surface area is 107 Å². The van der Waals surface area contributed by atoms with Crippen molar-refractivity contribution in [3.63, 3.8) is 0 Å². The fourth-order valence-corrected chi connectivity index (χ4v) is 1.39. The molecule has 0 aliphatic rings. The molecule has 94 valence electrons. The van der Waals surface area contributed by atoms with Crippen molar-refractivity contribution in [3.8, 4) is 0 Å². The predicted molar refractivity (Wildman–Crippen MR) is 70.2 cm³/mol. The van der Waals surface area contributed by atoms with E-state index < -0.39 is 0 Å². The second-order valence-corrected chi connectivity index (χ2v) is 5.24. The van der Waals surface area contributed by atoms with Crippen LogP contribution in [0.1, 0.15) is 27.2 Å². The molecule has 1 rings (SSSR count). The van der Waals surface area contributed by atoms with Gasteiger partial charge in [0.15, 0.2) is 0 Å². The Morgan fingerprint density at radius 2 is 2.18 bits per heavy atom. The number of aromatic nitrogens is 1. The predicted octanol–water partition coefficient (Wildman–Crippen LogP) is 2.45. The molecule has 0 unspecified atom stereocenters. The highest BCUT2D eigenvalue weighted by molar-refractivity contribution is 6.33. The molecule has 0 radical (unpaired) electrons. The fraction of sp³-hybridized carbons (Fsp3) is 0.500. The lowest BCUT2D eigenvalue weighted by Crippen LogP contribution is -2.37. The zero-order chi connectivity index (χ0) is 12.9. The van der Waals surface area contributed by atoms with Crippen molar-refractivity contribution in [1.29, 1.82) is 0 Å². The summed E-state index contributed by atoms with van der Waals surface area (Å²) in [6.45, 7) is 6.81. The topological polar surface area (TPSA) is 54.0 Å². The van der Waals surface area contributed by atoms with Gasteiger partial charge in [0.05, 0.1) is 16.9 Å². The van der Waals surface area contributed by atoms with E-state index in [0.29, 0.717) is 23.7 Å². The summed E-state index contributed by atoms with van der Waals surface area (Å²) >= 11 is 5.90. The van der Waals surface area contributed by atoms with Gasteiger partial charge < -0.3 is 10.6 Å². The molecule has 0 bridgehead atoms. The molecule has 1 aromatic rings. The SMILES string of the molecule is CC(C)(C)NCCC(=O)Nc1cnccc1Cl. The summed E-state index contributed by atoms with van der Waals surface area (Å²) in [5.41, 5.74) is 0.571. The number of nitrogens with one attached hydrogen (secondary N) is 2. The van der Waals surface area contributed by atoms with E-state index in [9.17, 15) is 4.79 Å². The van der Waals surface area contributed by atoms with Gasteiger partial charge >= 0.3 is 0 Å². The van der Waals surface area contributed by atoms with Crippen LogP contribution in [0, 0.1) is 0 Å². The first-order chi connectivity index (χ1) is 7.88. The first-order valence-corrected chi connectivity index (χ1v) is 5.91. The second kappa shape index (κ2) is 5.98. The van der Waals surface area contributed by atoms with E-state index in [1.54, 1.807) is 12.3 Å². The van der Waals surface area contributed by atoms with Crippen molar-refractivity contribution >= 4 is 23.2 Å². The Bertz CT molecular complexity index is 388.